The van der Waals surface area contributed by atoms with Crippen molar-refractivity contribution >= 4 is 17.3 Å². The summed E-state index contributed by atoms with van der Waals surface area (Å²) in [5.41, 5.74) is 0.00113. The van der Waals surface area contributed by atoms with Crippen molar-refractivity contribution in [3.8, 4) is 0 Å². The van der Waals surface area contributed by atoms with Gasteiger partial charge in [0.05, 0.1) is 4.92 Å². The summed E-state index contributed by atoms with van der Waals surface area (Å²) < 4.78 is 0. The topological polar surface area (TPSA) is 84.2 Å². The number of hydrogen-bond donors (Lipinski definition) is 1. The van der Waals surface area contributed by atoms with E-state index >= 15 is 0 Å². The molecule has 0 bridgehead atoms. The Labute approximate surface area is 117 Å². The molecule has 0 radical (unpaired) electrons. The van der Waals surface area contributed by atoms with Crippen LogP contribution in [0.3, 0.4) is 0 Å². The van der Waals surface area contributed by atoms with Crippen LogP contribution < -0.4 is 10.2 Å². The first-order valence-electron chi connectivity index (χ1n) is 7.16. The van der Waals surface area contributed by atoms with Gasteiger partial charge in [0.25, 0.3) is 0 Å². The Kier molecular flexibility index (Phi) is 3.42. The summed E-state index contributed by atoms with van der Waals surface area (Å²) in [6, 6.07) is 0.405. The molecule has 1 aromatic rings. The van der Waals surface area contributed by atoms with E-state index in [0.29, 0.717) is 23.6 Å². The first kappa shape index (κ1) is 13.1. The highest BCUT2D eigenvalue weighted by Gasteiger charge is 2.39. The predicted octanol–water partition coefficient (Wildman–Crippen LogP) is 2.20. The lowest BCUT2D eigenvalue weighted by molar-refractivity contribution is -0.383. The fourth-order valence-electron chi connectivity index (χ4n) is 3.60. The molecule has 1 aliphatic heterocycles. The highest BCUT2D eigenvalue weighted by molar-refractivity contribution is 5.70. The molecule has 2 aliphatic rings. The summed E-state index contributed by atoms with van der Waals surface area (Å²) in [6.07, 6.45) is 7.35. The van der Waals surface area contributed by atoms with Gasteiger partial charge in [0.1, 0.15) is 6.33 Å². The zero-order valence-electron chi connectivity index (χ0n) is 11.6. The molecule has 1 aromatic heterocycles. The maximum atomic E-state index is 11.4. The van der Waals surface area contributed by atoms with Crippen molar-refractivity contribution in [2.24, 2.45) is 5.92 Å². The fourth-order valence-corrected chi connectivity index (χ4v) is 3.60. The molecular weight excluding hydrogens is 258 g/mol. The average molecular weight is 277 g/mol. The highest BCUT2D eigenvalue weighted by Crippen LogP contribution is 2.42. The molecule has 1 saturated carbocycles. The van der Waals surface area contributed by atoms with Gasteiger partial charge in [-0.15, -0.1) is 0 Å². The van der Waals surface area contributed by atoms with Gasteiger partial charge in [-0.05, 0) is 25.2 Å². The molecule has 3 rings (SSSR count). The Morgan fingerprint density at radius 2 is 2.15 bits per heavy atom. The second-order valence-electron chi connectivity index (χ2n) is 5.50. The summed E-state index contributed by atoms with van der Waals surface area (Å²) >= 11 is 0. The van der Waals surface area contributed by atoms with Crippen LogP contribution in [0.4, 0.5) is 17.3 Å². The van der Waals surface area contributed by atoms with Crippen molar-refractivity contribution in [1.29, 1.82) is 0 Å². The van der Waals surface area contributed by atoms with E-state index in [1.807, 2.05) is 0 Å². The van der Waals surface area contributed by atoms with E-state index in [1.165, 1.54) is 25.6 Å². The average Bonchev–Trinajstić information content (AvgIpc) is 2.90. The molecular formula is C13H19N5O2. The van der Waals surface area contributed by atoms with E-state index in [-0.39, 0.29) is 10.6 Å². The minimum atomic E-state index is -0.378. The summed E-state index contributed by atoms with van der Waals surface area (Å²) in [5.74, 6) is 1.43. The summed E-state index contributed by atoms with van der Waals surface area (Å²) in [6.45, 7) is 0.857. The zero-order valence-corrected chi connectivity index (χ0v) is 11.6. The highest BCUT2D eigenvalue weighted by atomic mass is 16.6. The lowest BCUT2D eigenvalue weighted by atomic mass is 9.85. The maximum Gasteiger partial charge on any atom is 0.353 e. The molecule has 0 aromatic carbocycles. The van der Waals surface area contributed by atoms with Gasteiger partial charge >= 0.3 is 5.69 Å². The number of rotatable bonds is 3. The molecule has 7 heteroatoms. The van der Waals surface area contributed by atoms with E-state index in [1.54, 1.807) is 7.05 Å². The van der Waals surface area contributed by atoms with Crippen LogP contribution in [-0.2, 0) is 0 Å². The number of nitro groups is 1. The van der Waals surface area contributed by atoms with Crippen LogP contribution >= 0.6 is 0 Å². The number of aromatic nitrogens is 2. The second-order valence-corrected chi connectivity index (χ2v) is 5.50. The molecule has 2 atom stereocenters. The molecule has 0 spiro atoms. The Morgan fingerprint density at radius 3 is 2.90 bits per heavy atom. The fraction of sp³-hybridized carbons (Fsp3) is 0.692. The SMILES string of the molecule is CNc1ncnc(N2CCC3CCCCC32)c1[N+](=O)[O-]. The van der Waals surface area contributed by atoms with E-state index in [4.69, 9.17) is 0 Å². The number of hydrogen-bond acceptors (Lipinski definition) is 6. The molecule has 20 heavy (non-hydrogen) atoms. The lowest BCUT2D eigenvalue weighted by Gasteiger charge is -2.32. The minimum absolute atomic E-state index is 0.00113. The largest absolute Gasteiger partial charge is 0.367 e. The van der Waals surface area contributed by atoms with Gasteiger partial charge in [0, 0.05) is 19.6 Å². The van der Waals surface area contributed by atoms with Gasteiger partial charge in [-0.3, -0.25) is 10.1 Å². The van der Waals surface area contributed by atoms with Crippen LogP contribution in [0.2, 0.25) is 0 Å². The van der Waals surface area contributed by atoms with Crippen LogP contribution in [0.1, 0.15) is 32.1 Å². The van der Waals surface area contributed by atoms with Crippen LogP contribution in [0.15, 0.2) is 6.33 Å². The first-order chi connectivity index (χ1) is 9.72. The second kappa shape index (κ2) is 5.22. The number of anilines is 2. The monoisotopic (exact) mass is 277 g/mol. The third-order valence-electron chi connectivity index (χ3n) is 4.50. The van der Waals surface area contributed by atoms with E-state index in [0.717, 1.165) is 19.4 Å². The molecule has 2 heterocycles. The summed E-state index contributed by atoms with van der Waals surface area (Å²) in [4.78, 5) is 21.3. The molecule has 1 saturated heterocycles. The van der Waals surface area contributed by atoms with Crippen molar-refractivity contribution in [2.45, 2.75) is 38.1 Å². The maximum absolute atomic E-state index is 11.4. The van der Waals surface area contributed by atoms with Crippen LogP contribution in [-0.4, -0.2) is 34.5 Å². The van der Waals surface area contributed by atoms with E-state index in [9.17, 15) is 10.1 Å². The van der Waals surface area contributed by atoms with Gasteiger partial charge in [-0.1, -0.05) is 12.8 Å². The molecule has 2 fully saturated rings. The minimum Gasteiger partial charge on any atom is -0.367 e. The van der Waals surface area contributed by atoms with Gasteiger partial charge in [0.15, 0.2) is 0 Å². The van der Waals surface area contributed by atoms with Crippen molar-refractivity contribution in [3.63, 3.8) is 0 Å². The first-order valence-corrected chi connectivity index (χ1v) is 7.16. The lowest BCUT2D eigenvalue weighted by Crippen LogP contribution is -2.35. The number of nitrogens with zero attached hydrogens (tertiary/aromatic N) is 4. The van der Waals surface area contributed by atoms with Gasteiger partial charge in [-0.25, -0.2) is 9.97 Å². The van der Waals surface area contributed by atoms with Gasteiger partial charge in [0.2, 0.25) is 11.6 Å². The Morgan fingerprint density at radius 1 is 1.35 bits per heavy atom. The molecule has 7 nitrogen and oxygen atoms in total. The number of fused-ring (bicyclic) bond motifs is 1. The van der Waals surface area contributed by atoms with E-state index < -0.39 is 0 Å². The van der Waals surface area contributed by atoms with Gasteiger partial charge < -0.3 is 10.2 Å². The van der Waals surface area contributed by atoms with Crippen LogP contribution in [0, 0.1) is 16.0 Å². The molecule has 1 aliphatic carbocycles. The van der Waals surface area contributed by atoms with Crippen molar-refractivity contribution in [2.75, 3.05) is 23.8 Å². The molecule has 2 unspecified atom stereocenters. The normalized spacial score (nSPS) is 25.4. The van der Waals surface area contributed by atoms with Crippen molar-refractivity contribution < 1.29 is 4.92 Å². The molecule has 0 amide bonds. The quantitative estimate of drug-likeness (QED) is 0.673. The number of nitrogens with one attached hydrogen (secondary N) is 1. The third kappa shape index (κ3) is 2.07. The summed E-state index contributed by atoms with van der Waals surface area (Å²) in [5, 5.41) is 14.2. The molecule has 108 valence electrons. The zero-order chi connectivity index (χ0) is 14.1. The van der Waals surface area contributed by atoms with Crippen LogP contribution in [0.25, 0.3) is 0 Å². The third-order valence-corrected chi connectivity index (χ3v) is 4.50. The standard InChI is InChI=1S/C13H19N5O2/c1-14-12-11(18(19)20)13(16-8-15-12)17-7-6-9-4-2-3-5-10(9)17/h8-10H,2-7H2,1H3,(H,14,15,16). The Hall–Kier alpha value is -1.92. The van der Waals surface area contributed by atoms with Crippen molar-refractivity contribution in [3.05, 3.63) is 16.4 Å². The predicted molar refractivity (Wildman–Crippen MR) is 75.9 cm³/mol. The molecule has 1 N–H and O–H groups in total. The Balaban J connectivity index is 1.99. The van der Waals surface area contributed by atoms with Crippen molar-refractivity contribution in [1.82, 2.24) is 9.97 Å². The van der Waals surface area contributed by atoms with Gasteiger partial charge in [-0.2, -0.15) is 0 Å². The Bertz CT molecular complexity index is 521. The van der Waals surface area contributed by atoms with E-state index in [2.05, 4.69) is 20.2 Å². The summed E-state index contributed by atoms with van der Waals surface area (Å²) in [7, 11) is 1.65. The van der Waals surface area contributed by atoms with Crippen LogP contribution in [0.5, 0.6) is 0 Å². The smallest absolute Gasteiger partial charge is 0.353 e.